The minimum atomic E-state index is -0.431. The third kappa shape index (κ3) is 3.09. The highest BCUT2D eigenvalue weighted by molar-refractivity contribution is 5.92. The van der Waals surface area contributed by atoms with Crippen LogP contribution in [0, 0.1) is 13.8 Å². The highest BCUT2D eigenvalue weighted by atomic mass is 16.5. The molecule has 0 spiro atoms. The van der Waals surface area contributed by atoms with E-state index < -0.39 is 5.91 Å². The maximum Gasteiger partial charge on any atom is 0.248 e. The Morgan fingerprint density at radius 1 is 1.10 bits per heavy atom. The van der Waals surface area contributed by atoms with Crippen LogP contribution < -0.4 is 16.2 Å². The topological polar surface area (TPSA) is 78.3 Å². The van der Waals surface area contributed by atoms with Crippen molar-refractivity contribution in [1.82, 2.24) is 0 Å². The highest BCUT2D eigenvalue weighted by Crippen LogP contribution is 2.25. The molecule has 0 atom stereocenters. The predicted molar refractivity (Wildman–Crippen MR) is 79.6 cm³/mol. The molecule has 104 valence electrons. The fourth-order valence-corrected chi connectivity index (χ4v) is 1.93. The van der Waals surface area contributed by atoms with Crippen LogP contribution in [0.1, 0.15) is 27.0 Å². The Labute approximate surface area is 118 Å². The second-order valence-electron chi connectivity index (χ2n) is 4.82. The summed E-state index contributed by atoms with van der Waals surface area (Å²) in [6.07, 6.45) is 0. The molecule has 0 aliphatic carbocycles. The third-order valence-corrected chi connectivity index (χ3v) is 3.20. The lowest BCUT2D eigenvalue weighted by Gasteiger charge is -2.11. The summed E-state index contributed by atoms with van der Waals surface area (Å²) in [5.41, 5.74) is 15.3. The summed E-state index contributed by atoms with van der Waals surface area (Å²) in [5, 5.41) is 0. The number of benzene rings is 2. The maximum absolute atomic E-state index is 11.0. The van der Waals surface area contributed by atoms with Gasteiger partial charge in [-0.25, -0.2) is 0 Å². The Balaban J connectivity index is 2.09. The Kier molecular flexibility index (Phi) is 3.94. The number of rotatable bonds is 4. The van der Waals surface area contributed by atoms with E-state index in [9.17, 15) is 4.79 Å². The number of ether oxygens (including phenoxy) is 1. The molecule has 0 saturated carbocycles. The average molecular weight is 270 g/mol. The number of nitrogens with two attached hydrogens (primary N) is 2. The first kappa shape index (κ1) is 13.9. The molecule has 0 aliphatic heterocycles. The number of primary amides is 1. The lowest BCUT2D eigenvalue weighted by Crippen LogP contribution is -2.10. The molecule has 4 heteroatoms. The van der Waals surface area contributed by atoms with Gasteiger partial charge in [-0.1, -0.05) is 18.2 Å². The van der Waals surface area contributed by atoms with Crippen molar-refractivity contribution in [2.75, 3.05) is 5.73 Å². The van der Waals surface area contributed by atoms with Gasteiger partial charge in [0.25, 0.3) is 0 Å². The van der Waals surface area contributed by atoms with Gasteiger partial charge < -0.3 is 16.2 Å². The van der Waals surface area contributed by atoms with Gasteiger partial charge in [-0.15, -0.1) is 0 Å². The molecule has 0 saturated heterocycles. The zero-order chi connectivity index (χ0) is 14.7. The fraction of sp³-hybridized carbons (Fsp3) is 0.188. The second-order valence-corrected chi connectivity index (χ2v) is 4.82. The molecule has 4 N–H and O–H groups in total. The molecule has 0 fully saturated rings. The van der Waals surface area contributed by atoms with Crippen LogP contribution in [0.25, 0.3) is 0 Å². The van der Waals surface area contributed by atoms with E-state index in [1.807, 2.05) is 38.1 Å². The first-order valence-electron chi connectivity index (χ1n) is 6.35. The van der Waals surface area contributed by atoms with Crippen molar-refractivity contribution in [2.45, 2.75) is 20.5 Å². The van der Waals surface area contributed by atoms with Crippen LogP contribution in [0.15, 0.2) is 36.4 Å². The normalized spacial score (nSPS) is 10.3. The number of carbonyl (C=O) groups is 1. The van der Waals surface area contributed by atoms with Crippen LogP contribution in [-0.2, 0) is 6.61 Å². The monoisotopic (exact) mass is 270 g/mol. The zero-order valence-corrected chi connectivity index (χ0v) is 11.6. The lowest BCUT2D eigenvalue weighted by atomic mass is 10.1. The Morgan fingerprint density at radius 2 is 1.75 bits per heavy atom. The summed E-state index contributed by atoms with van der Waals surface area (Å²) in [5.74, 6) is 0.340. The second kappa shape index (κ2) is 5.65. The first-order chi connectivity index (χ1) is 9.47. The molecule has 2 aromatic rings. The van der Waals surface area contributed by atoms with Crippen LogP contribution in [-0.4, -0.2) is 5.91 Å². The number of hydrogen-bond donors (Lipinski definition) is 2. The van der Waals surface area contributed by atoms with Gasteiger partial charge in [0.2, 0.25) is 5.91 Å². The van der Waals surface area contributed by atoms with Gasteiger partial charge in [-0.05, 0) is 42.7 Å². The Morgan fingerprint density at radius 3 is 2.35 bits per heavy atom. The van der Waals surface area contributed by atoms with Gasteiger partial charge in [0, 0.05) is 17.3 Å². The van der Waals surface area contributed by atoms with Crippen molar-refractivity contribution in [3.05, 3.63) is 58.7 Å². The summed E-state index contributed by atoms with van der Waals surface area (Å²) in [4.78, 5) is 11.0. The van der Waals surface area contributed by atoms with E-state index >= 15 is 0 Å². The van der Waals surface area contributed by atoms with E-state index in [0.29, 0.717) is 12.2 Å². The van der Waals surface area contributed by atoms with Gasteiger partial charge in [0.05, 0.1) is 0 Å². The SMILES string of the molecule is Cc1cc(C)c(OCc2ccc(C(N)=O)cc2)cc1N. The largest absolute Gasteiger partial charge is 0.489 e. The van der Waals surface area contributed by atoms with E-state index in [-0.39, 0.29) is 0 Å². The van der Waals surface area contributed by atoms with Gasteiger partial charge in [-0.3, -0.25) is 4.79 Å². The summed E-state index contributed by atoms with van der Waals surface area (Å²) in [6, 6.07) is 10.9. The average Bonchev–Trinajstić information content (AvgIpc) is 2.42. The van der Waals surface area contributed by atoms with Crippen LogP contribution in [0.5, 0.6) is 5.75 Å². The van der Waals surface area contributed by atoms with Gasteiger partial charge >= 0.3 is 0 Å². The summed E-state index contributed by atoms with van der Waals surface area (Å²) < 4.78 is 5.76. The third-order valence-electron chi connectivity index (χ3n) is 3.20. The number of aryl methyl sites for hydroxylation is 2. The van der Waals surface area contributed by atoms with E-state index in [2.05, 4.69) is 0 Å². The van der Waals surface area contributed by atoms with E-state index in [1.54, 1.807) is 12.1 Å². The predicted octanol–water partition coefficient (Wildman–Crippen LogP) is 2.56. The molecular formula is C16H18N2O2. The fourth-order valence-electron chi connectivity index (χ4n) is 1.93. The van der Waals surface area contributed by atoms with Crippen LogP contribution in [0.2, 0.25) is 0 Å². The van der Waals surface area contributed by atoms with Crippen molar-refractivity contribution in [1.29, 1.82) is 0 Å². The minimum Gasteiger partial charge on any atom is -0.489 e. The van der Waals surface area contributed by atoms with Crippen molar-refractivity contribution < 1.29 is 9.53 Å². The molecule has 0 bridgehead atoms. The number of carbonyl (C=O) groups excluding carboxylic acids is 1. The molecule has 20 heavy (non-hydrogen) atoms. The Hall–Kier alpha value is -2.49. The van der Waals surface area contributed by atoms with E-state index in [0.717, 1.165) is 28.1 Å². The molecular weight excluding hydrogens is 252 g/mol. The van der Waals surface area contributed by atoms with Crippen molar-refractivity contribution in [3.63, 3.8) is 0 Å². The smallest absolute Gasteiger partial charge is 0.248 e. The van der Waals surface area contributed by atoms with Crippen LogP contribution >= 0.6 is 0 Å². The number of nitrogen functional groups attached to an aromatic ring is 1. The first-order valence-corrected chi connectivity index (χ1v) is 6.35. The standard InChI is InChI=1S/C16H18N2O2/c1-10-7-11(2)15(8-14(10)17)20-9-12-3-5-13(6-4-12)16(18)19/h3-8H,9,17H2,1-2H3,(H2,18,19). The minimum absolute atomic E-state index is 0.419. The maximum atomic E-state index is 11.0. The van der Waals surface area contributed by atoms with Crippen molar-refractivity contribution in [3.8, 4) is 5.75 Å². The van der Waals surface area contributed by atoms with Crippen molar-refractivity contribution in [2.24, 2.45) is 5.73 Å². The summed E-state index contributed by atoms with van der Waals surface area (Å²) in [6.45, 7) is 4.37. The zero-order valence-electron chi connectivity index (χ0n) is 11.6. The number of anilines is 1. The van der Waals surface area contributed by atoms with Gasteiger partial charge in [0.1, 0.15) is 12.4 Å². The number of amides is 1. The quantitative estimate of drug-likeness (QED) is 0.838. The molecule has 2 rings (SSSR count). The van der Waals surface area contributed by atoms with Gasteiger partial charge in [-0.2, -0.15) is 0 Å². The molecule has 2 aromatic carbocycles. The van der Waals surface area contributed by atoms with E-state index in [4.69, 9.17) is 16.2 Å². The number of hydrogen-bond acceptors (Lipinski definition) is 3. The summed E-state index contributed by atoms with van der Waals surface area (Å²) in [7, 11) is 0. The molecule has 0 aromatic heterocycles. The van der Waals surface area contributed by atoms with Crippen molar-refractivity contribution >= 4 is 11.6 Å². The highest BCUT2D eigenvalue weighted by Gasteiger charge is 2.05. The molecule has 0 unspecified atom stereocenters. The van der Waals surface area contributed by atoms with E-state index in [1.165, 1.54) is 0 Å². The van der Waals surface area contributed by atoms with Gasteiger partial charge in [0.15, 0.2) is 0 Å². The van der Waals surface area contributed by atoms with Crippen LogP contribution in [0.3, 0.4) is 0 Å². The lowest BCUT2D eigenvalue weighted by molar-refractivity contribution is 0.1000. The molecule has 0 heterocycles. The molecule has 1 amide bonds. The van der Waals surface area contributed by atoms with Crippen LogP contribution in [0.4, 0.5) is 5.69 Å². The molecule has 0 aliphatic rings. The summed E-state index contributed by atoms with van der Waals surface area (Å²) >= 11 is 0. The molecule has 4 nitrogen and oxygen atoms in total. The Bertz CT molecular complexity index is 634. The molecule has 0 radical (unpaired) electrons.